The Morgan fingerprint density at radius 2 is 0.958 bits per heavy atom. The Labute approximate surface area is 153 Å². The molecule has 0 fully saturated rings. The minimum absolute atomic E-state index is 0.0287. The SMILES string of the molecule is CCCCCC.F[B-](F)(F)F.c1ccc([I+]c2ccccc2)cc1. The molecule has 134 valence electrons. The molecule has 0 aliphatic heterocycles. The van der Waals surface area contributed by atoms with Crippen molar-refractivity contribution in [2.45, 2.75) is 39.5 Å². The Balaban J connectivity index is 0.000000405. The van der Waals surface area contributed by atoms with Gasteiger partial charge in [0.2, 0.25) is 0 Å². The van der Waals surface area contributed by atoms with Crippen LogP contribution in [0, 0.1) is 7.14 Å². The molecule has 0 nitrogen and oxygen atoms in total. The summed E-state index contributed by atoms with van der Waals surface area (Å²) in [6, 6.07) is 21.4. The normalized spacial score (nSPS) is 10.1. The van der Waals surface area contributed by atoms with Crippen molar-refractivity contribution in [2.24, 2.45) is 0 Å². The van der Waals surface area contributed by atoms with Crippen LogP contribution in [0.4, 0.5) is 17.3 Å². The van der Waals surface area contributed by atoms with Gasteiger partial charge in [-0.2, -0.15) is 0 Å². The highest BCUT2D eigenvalue weighted by atomic mass is 127. The molecule has 0 amide bonds. The lowest BCUT2D eigenvalue weighted by Gasteiger charge is -1.94. The molecule has 0 saturated carbocycles. The molecule has 0 aliphatic carbocycles. The fraction of sp³-hybridized carbons (Fsp3) is 0.333. The first-order valence-corrected chi connectivity index (χ1v) is 10.1. The number of unbranched alkanes of at least 4 members (excludes halogenated alkanes) is 3. The van der Waals surface area contributed by atoms with Gasteiger partial charge in [0.1, 0.15) is 0 Å². The zero-order chi connectivity index (χ0) is 18.3. The molecule has 0 atom stereocenters. The van der Waals surface area contributed by atoms with Crippen LogP contribution in [0.2, 0.25) is 0 Å². The van der Waals surface area contributed by atoms with Gasteiger partial charge in [-0.25, -0.2) is 0 Å². The standard InChI is InChI=1S/C12H10I.C6H14.BF4/c1-3-7-11(8-4-1)13-12-9-5-2-6-10-12;1-3-5-6-4-2;2-1(3,4)5/h1-10H;3-6H2,1-2H3;/q+1;;-1. The van der Waals surface area contributed by atoms with Crippen LogP contribution in [-0.4, -0.2) is 7.25 Å². The monoisotopic (exact) mass is 454 g/mol. The van der Waals surface area contributed by atoms with Crippen molar-refractivity contribution in [1.82, 2.24) is 0 Å². The van der Waals surface area contributed by atoms with Crippen molar-refractivity contribution in [2.75, 3.05) is 0 Å². The van der Waals surface area contributed by atoms with E-state index in [-0.39, 0.29) is 21.2 Å². The Bertz CT molecular complexity index is 456. The third kappa shape index (κ3) is 17.3. The van der Waals surface area contributed by atoms with Crippen LogP contribution in [0.1, 0.15) is 39.5 Å². The van der Waals surface area contributed by atoms with E-state index in [1.165, 1.54) is 32.8 Å². The van der Waals surface area contributed by atoms with Crippen molar-refractivity contribution < 1.29 is 38.5 Å². The second-order valence-corrected chi connectivity index (χ2v) is 7.92. The van der Waals surface area contributed by atoms with Gasteiger partial charge < -0.3 is 17.3 Å². The van der Waals surface area contributed by atoms with Crippen LogP contribution in [0.25, 0.3) is 0 Å². The average Bonchev–Trinajstić information content (AvgIpc) is 2.54. The molecule has 2 rings (SSSR count). The lowest BCUT2D eigenvalue weighted by atomic mass is 10.2. The van der Waals surface area contributed by atoms with E-state index in [9.17, 15) is 17.3 Å². The summed E-state index contributed by atoms with van der Waals surface area (Å²) in [5.41, 5.74) is 0. The van der Waals surface area contributed by atoms with Crippen molar-refractivity contribution in [3.8, 4) is 0 Å². The minimum atomic E-state index is -6.00. The summed E-state index contributed by atoms with van der Waals surface area (Å²) in [5.74, 6) is 0. The summed E-state index contributed by atoms with van der Waals surface area (Å²) >= 11 is 0.0287. The maximum atomic E-state index is 9.75. The van der Waals surface area contributed by atoms with Gasteiger partial charge in [0, 0.05) is 0 Å². The largest absolute Gasteiger partial charge is 0.673 e. The second-order valence-electron chi connectivity index (χ2n) is 4.89. The first-order chi connectivity index (χ1) is 11.4. The van der Waals surface area contributed by atoms with Gasteiger partial charge in [0.05, 0.1) is 0 Å². The Hall–Kier alpha value is -1.05. The van der Waals surface area contributed by atoms with Crippen LogP contribution >= 0.6 is 0 Å². The van der Waals surface area contributed by atoms with Crippen molar-refractivity contribution in [3.63, 3.8) is 0 Å². The second kappa shape index (κ2) is 14.3. The predicted octanol–water partition coefficient (Wildman–Crippen LogP) is 3.70. The first kappa shape index (κ1) is 23.0. The molecule has 24 heavy (non-hydrogen) atoms. The maximum absolute atomic E-state index is 9.75. The number of benzene rings is 2. The lowest BCUT2D eigenvalue weighted by Crippen LogP contribution is -3.61. The molecule has 0 saturated heterocycles. The third-order valence-electron chi connectivity index (χ3n) is 2.64. The van der Waals surface area contributed by atoms with E-state index in [4.69, 9.17) is 0 Å². The van der Waals surface area contributed by atoms with Gasteiger partial charge in [-0.3, -0.25) is 0 Å². The zero-order valence-corrected chi connectivity index (χ0v) is 16.2. The first-order valence-electron chi connectivity index (χ1n) is 7.99. The van der Waals surface area contributed by atoms with Gasteiger partial charge in [0.25, 0.3) is 0 Å². The number of rotatable bonds is 5. The Morgan fingerprint density at radius 3 is 1.21 bits per heavy atom. The van der Waals surface area contributed by atoms with Crippen molar-refractivity contribution >= 4 is 7.25 Å². The molecule has 0 aliphatic rings. The average molecular weight is 454 g/mol. The van der Waals surface area contributed by atoms with Crippen LogP contribution in [-0.2, 0) is 0 Å². The van der Waals surface area contributed by atoms with E-state index in [0.29, 0.717) is 0 Å². The molecule has 0 bridgehead atoms. The summed E-state index contributed by atoms with van der Waals surface area (Å²) in [7, 11) is -6.00. The molecule has 0 heterocycles. The summed E-state index contributed by atoms with van der Waals surface area (Å²) in [4.78, 5) is 0. The lowest BCUT2D eigenvalue weighted by molar-refractivity contribution is -0.597. The summed E-state index contributed by atoms with van der Waals surface area (Å²) < 4.78 is 42.0. The summed E-state index contributed by atoms with van der Waals surface area (Å²) in [5, 5.41) is 0. The summed E-state index contributed by atoms with van der Waals surface area (Å²) in [6.45, 7) is 4.46. The van der Waals surface area contributed by atoms with E-state index < -0.39 is 7.25 Å². The van der Waals surface area contributed by atoms with E-state index in [1.807, 2.05) is 0 Å². The summed E-state index contributed by atoms with van der Waals surface area (Å²) in [6.07, 6.45) is 5.54. The Morgan fingerprint density at radius 1 is 0.667 bits per heavy atom. The zero-order valence-electron chi connectivity index (χ0n) is 14.1. The highest BCUT2D eigenvalue weighted by Crippen LogP contribution is 2.06. The van der Waals surface area contributed by atoms with Crippen LogP contribution in [0.15, 0.2) is 60.7 Å². The van der Waals surface area contributed by atoms with Crippen molar-refractivity contribution in [1.29, 1.82) is 0 Å². The molecule has 0 spiro atoms. The van der Waals surface area contributed by atoms with Crippen LogP contribution < -0.4 is 21.2 Å². The fourth-order valence-electron chi connectivity index (χ4n) is 1.58. The smallest absolute Gasteiger partial charge is 0.418 e. The van der Waals surface area contributed by atoms with Gasteiger partial charge >= 0.3 is 28.5 Å². The number of hydrogen-bond donors (Lipinski definition) is 0. The van der Waals surface area contributed by atoms with E-state index >= 15 is 0 Å². The number of hydrogen-bond acceptors (Lipinski definition) is 0. The molecule has 0 radical (unpaired) electrons. The molecule has 6 heteroatoms. The van der Waals surface area contributed by atoms with Gasteiger partial charge in [-0.1, -0.05) is 75.9 Å². The highest BCUT2D eigenvalue weighted by Gasteiger charge is 2.20. The maximum Gasteiger partial charge on any atom is 0.673 e. The van der Waals surface area contributed by atoms with E-state index in [2.05, 4.69) is 74.5 Å². The molecular formula is C18H24BF4I. The van der Waals surface area contributed by atoms with Crippen LogP contribution in [0.5, 0.6) is 0 Å². The third-order valence-corrected chi connectivity index (χ3v) is 5.33. The van der Waals surface area contributed by atoms with E-state index in [1.54, 1.807) is 0 Å². The quantitative estimate of drug-likeness (QED) is 0.280. The minimum Gasteiger partial charge on any atom is -0.418 e. The van der Waals surface area contributed by atoms with E-state index in [0.717, 1.165) is 0 Å². The highest BCUT2D eigenvalue weighted by molar-refractivity contribution is 6.50. The molecule has 0 aromatic heterocycles. The molecular weight excluding hydrogens is 430 g/mol. The van der Waals surface area contributed by atoms with Gasteiger partial charge in [0.15, 0.2) is 7.14 Å². The van der Waals surface area contributed by atoms with Crippen molar-refractivity contribution in [3.05, 3.63) is 67.8 Å². The van der Waals surface area contributed by atoms with Gasteiger partial charge in [-0.05, 0) is 24.3 Å². The number of halogens is 5. The molecule has 2 aromatic rings. The Kier molecular flexibility index (Phi) is 13.7. The van der Waals surface area contributed by atoms with Crippen LogP contribution in [0.3, 0.4) is 0 Å². The predicted molar refractivity (Wildman–Crippen MR) is 90.3 cm³/mol. The van der Waals surface area contributed by atoms with Gasteiger partial charge in [-0.15, -0.1) is 0 Å². The molecule has 0 N–H and O–H groups in total. The topological polar surface area (TPSA) is 0 Å². The fourth-order valence-corrected chi connectivity index (χ4v) is 3.85. The molecule has 2 aromatic carbocycles. The molecule has 0 unspecified atom stereocenters.